The number of benzene rings is 1. The average molecular weight is 453 g/mol. The third kappa shape index (κ3) is 5.92. The zero-order valence-corrected chi connectivity index (χ0v) is 17.1. The summed E-state index contributed by atoms with van der Waals surface area (Å²) in [6.07, 6.45) is -1.81. The van der Waals surface area contributed by atoms with Crippen LogP contribution in [0, 0.1) is 23.6 Å². The number of rotatable bonds is 7. The molecule has 6 nitrogen and oxygen atoms in total. The first-order valence-electron chi connectivity index (χ1n) is 9.55. The Balaban J connectivity index is 1.37. The van der Waals surface area contributed by atoms with Crippen molar-refractivity contribution in [2.45, 2.75) is 36.9 Å². The van der Waals surface area contributed by atoms with Crippen LogP contribution in [0.3, 0.4) is 0 Å². The average Bonchev–Trinajstić information content (AvgIpc) is 3.40. The van der Waals surface area contributed by atoms with E-state index in [4.69, 9.17) is 4.74 Å². The van der Waals surface area contributed by atoms with Crippen molar-refractivity contribution in [2.24, 2.45) is 17.8 Å². The molecule has 11 heteroatoms. The number of hydroxylamine groups is 2. The molecular weight excluding hydrogens is 430 g/mol. The highest BCUT2D eigenvalue weighted by molar-refractivity contribution is 7.90. The minimum absolute atomic E-state index is 0.163. The maximum Gasteiger partial charge on any atom is 0.492 e. The fraction of sp³-hybridized carbons (Fsp3) is 0.632. The van der Waals surface area contributed by atoms with Crippen molar-refractivity contribution in [3.63, 3.8) is 0 Å². The van der Waals surface area contributed by atoms with E-state index in [1.807, 2.05) is 0 Å². The van der Waals surface area contributed by atoms with Crippen LogP contribution in [0.4, 0.5) is 17.6 Å². The van der Waals surface area contributed by atoms with Crippen LogP contribution >= 0.6 is 0 Å². The van der Waals surface area contributed by atoms with Crippen molar-refractivity contribution in [1.29, 1.82) is 0 Å². The standard InChI is InChI=1S/C19H23F4NO5S/c1-30(26,27)17-3-2-12(8-16(17)20)10-28-11-14-9-15(14)13-4-6-24(7-5-13)29-18(25)19(21,22)23/h2-3,8,13-15H,4-7,9-11H2,1H3/t14-,15+/m0/s1. The topological polar surface area (TPSA) is 72.9 Å². The Labute approximate surface area is 172 Å². The number of ether oxygens (including phenoxy) is 1. The third-order valence-corrected chi connectivity index (χ3v) is 6.65. The van der Waals surface area contributed by atoms with Gasteiger partial charge in [-0.05, 0) is 54.7 Å². The second-order valence-corrected chi connectivity index (χ2v) is 9.84. The number of alkyl halides is 3. The van der Waals surface area contributed by atoms with Crippen LogP contribution in [-0.2, 0) is 30.8 Å². The first kappa shape index (κ1) is 23.0. The van der Waals surface area contributed by atoms with Crippen molar-refractivity contribution in [3.05, 3.63) is 29.6 Å². The van der Waals surface area contributed by atoms with Crippen LogP contribution in [0.2, 0.25) is 0 Å². The Kier molecular flexibility index (Phi) is 6.73. The quantitative estimate of drug-likeness (QED) is 0.591. The molecule has 0 spiro atoms. The fourth-order valence-electron chi connectivity index (χ4n) is 3.87. The molecular formula is C19H23F4NO5S. The monoisotopic (exact) mass is 453 g/mol. The van der Waals surface area contributed by atoms with E-state index in [-0.39, 0.29) is 24.6 Å². The second-order valence-electron chi connectivity index (χ2n) is 7.85. The molecule has 1 saturated heterocycles. The molecule has 168 valence electrons. The summed E-state index contributed by atoms with van der Waals surface area (Å²) in [7, 11) is -3.61. The highest BCUT2D eigenvalue weighted by atomic mass is 32.2. The fourth-order valence-corrected chi connectivity index (χ4v) is 4.60. The van der Waals surface area contributed by atoms with Gasteiger partial charge in [0.15, 0.2) is 9.84 Å². The lowest BCUT2D eigenvalue weighted by atomic mass is 9.92. The van der Waals surface area contributed by atoms with E-state index in [9.17, 15) is 30.8 Å². The summed E-state index contributed by atoms with van der Waals surface area (Å²) in [4.78, 5) is 14.9. The molecule has 1 heterocycles. The molecule has 0 aromatic heterocycles. The number of piperidine rings is 1. The molecule has 1 aromatic carbocycles. The lowest BCUT2D eigenvalue weighted by Gasteiger charge is -2.30. The molecule has 2 atom stereocenters. The van der Waals surface area contributed by atoms with Gasteiger partial charge in [-0.25, -0.2) is 17.6 Å². The zero-order valence-electron chi connectivity index (χ0n) is 16.3. The van der Waals surface area contributed by atoms with Crippen LogP contribution in [0.25, 0.3) is 0 Å². The molecule has 0 radical (unpaired) electrons. The van der Waals surface area contributed by atoms with Crippen LogP contribution in [0.5, 0.6) is 0 Å². The second kappa shape index (κ2) is 8.80. The maximum absolute atomic E-state index is 13.9. The minimum Gasteiger partial charge on any atom is -0.376 e. The van der Waals surface area contributed by atoms with E-state index in [0.717, 1.165) is 23.8 Å². The molecule has 1 aliphatic heterocycles. The SMILES string of the molecule is CS(=O)(=O)c1ccc(COC[C@@H]2C[C@@H]2C2CCN(OC(=O)C(F)(F)F)CC2)cc1F. The Morgan fingerprint density at radius 3 is 2.47 bits per heavy atom. The van der Waals surface area contributed by atoms with Gasteiger partial charge in [0.1, 0.15) is 10.7 Å². The predicted molar refractivity (Wildman–Crippen MR) is 97.2 cm³/mol. The minimum atomic E-state index is -5.00. The van der Waals surface area contributed by atoms with Crippen LogP contribution < -0.4 is 0 Å². The van der Waals surface area contributed by atoms with E-state index < -0.39 is 27.8 Å². The molecule has 1 aliphatic carbocycles. The molecule has 0 bridgehead atoms. The highest BCUT2D eigenvalue weighted by Crippen LogP contribution is 2.48. The number of halogens is 4. The van der Waals surface area contributed by atoms with Gasteiger partial charge in [0.05, 0.1) is 13.2 Å². The summed E-state index contributed by atoms with van der Waals surface area (Å²) in [6.45, 7) is 1.17. The van der Waals surface area contributed by atoms with Crippen molar-refractivity contribution < 1.29 is 40.3 Å². The van der Waals surface area contributed by atoms with Crippen molar-refractivity contribution in [3.8, 4) is 0 Å². The Morgan fingerprint density at radius 2 is 1.90 bits per heavy atom. The van der Waals surface area contributed by atoms with Crippen molar-refractivity contribution >= 4 is 15.8 Å². The molecule has 0 unspecified atom stereocenters. The molecule has 0 amide bonds. The lowest BCUT2D eigenvalue weighted by Crippen LogP contribution is -2.40. The van der Waals surface area contributed by atoms with E-state index in [1.165, 1.54) is 12.1 Å². The molecule has 2 aliphatic rings. The molecule has 3 rings (SSSR count). The molecule has 2 fully saturated rings. The number of hydrogen-bond donors (Lipinski definition) is 0. The first-order chi connectivity index (χ1) is 13.9. The van der Waals surface area contributed by atoms with E-state index in [2.05, 4.69) is 4.84 Å². The van der Waals surface area contributed by atoms with Gasteiger partial charge in [0, 0.05) is 19.3 Å². The number of sulfone groups is 1. The molecule has 1 saturated carbocycles. The summed E-state index contributed by atoms with van der Waals surface area (Å²) in [5, 5.41) is 1.06. The van der Waals surface area contributed by atoms with Gasteiger partial charge in [0.25, 0.3) is 0 Å². The largest absolute Gasteiger partial charge is 0.492 e. The van der Waals surface area contributed by atoms with Gasteiger partial charge in [-0.15, -0.1) is 5.06 Å². The lowest BCUT2D eigenvalue weighted by molar-refractivity contribution is -0.242. The number of carbonyl (C=O) groups excluding carboxylic acids is 1. The number of hydrogen-bond acceptors (Lipinski definition) is 6. The summed E-state index contributed by atoms with van der Waals surface area (Å²) in [6, 6.07) is 3.89. The Hall–Kier alpha value is -1.72. The first-order valence-corrected chi connectivity index (χ1v) is 11.4. The summed E-state index contributed by atoms with van der Waals surface area (Å²) in [5.41, 5.74) is 0.539. The summed E-state index contributed by atoms with van der Waals surface area (Å²) >= 11 is 0. The van der Waals surface area contributed by atoms with Gasteiger partial charge >= 0.3 is 12.1 Å². The molecule has 30 heavy (non-hydrogen) atoms. The normalized spacial score (nSPS) is 23.4. The molecule has 1 aromatic rings. The summed E-state index contributed by atoms with van der Waals surface area (Å²) in [5.74, 6) is -1.92. The van der Waals surface area contributed by atoms with Gasteiger partial charge < -0.3 is 9.57 Å². The van der Waals surface area contributed by atoms with Crippen LogP contribution in [0.1, 0.15) is 24.8 Å². The van der Waals surface area contributed by atoms with Gasteiger partial charge in [-0.3, -0.25) is 0 Å². The Morgan fingerprint density at radius 1 is 1.23 bits per heavy atom. The highest BCUT2D eigenvalue weighted by Gasteiger charge is 2.46. The van der Waals surface area contributed by atoms with E-state index in [0.29, 0.717) is 42.8 Å². The Bertz CT molecular complexity index is 881. The van der Waals surface area contributed by atoms with Crippen LogP contribution in [-0.4, -0.2) is 51.6 Å². The van der Waals surface area contributed by atoms with Crippen LogP contribution in [0.15, 0.2) is 23.1 Å². The van der Waals surface area contributed by atoms with Gasteiger partial charge in [-0.2, -0.15) is 13.2 Å². The third-order valence-electron chi connectivity index (χ3n) is 5.52. The van der Waals surface area contributed by atoms with Gasteiger partial charge in [-0.1, -0.05) is 6.07 Å². The van der Waals surface area contributed by atoms with E-state index >= 15 is 0 Å². The zero-order chi connectivity index (χ0) is 22.1. The predicted octanol–water partition coefficient (Wildman–Crippen LogP) is 3.11. The smallest absolute Gasteiger partial charge is 0.376 e. The molecule has 0 N–H and O–H groups in total. The summed E-state index contributed by atoms with van der Waals surface area (Å²) < 4.78 is 79.1. The number of carbonyl (C=O) groups is 1. The van der Waals surface area contributed by atoms with Gasteiger partial charge in [0.2, 0.25) is 0 Å². The maximum atomic E-state index is 13.9. The number of nitrogens with zero attached hydrogens (tertiary/aromatic N) is 1. The van der Waals surface area contributed by atoms with E-state index in [1.54, 1.807) is 0 Å². The van der Waals surface area contributed by atoms with Crippen molar-refractivity contribution in [1.82, 2.24) is 5.06 Å². The van der Waals surface area contributed by atoms with Crippen molar-refractivity contribution in [2.75, 3.05) is 26.0 Å².